The van der Waals surface area contributed by atoms with Crippen molar-refractivity contribution >= 4 is 17.4 Å². The maximum absolute atomic E-state index is 12.8. The summed E-state index contributed by atoms with van der Waals surface area (Å²) < 4.78 is 14.5. The SMILES string of the molecule is Cc1nc2cc3nn2c(c1C(OC(C)(C)C)C(=O)O)N1CCC(C)(CC1)OCCCCCc1ncccc1-c1cccc-3c1. The molecule has 1 saturated heterocycles. The molecular formula is C35H43N5O4. The molecule has 0 saturated carbocycles. The van der Waals surface area contributed by atoms with Gasteiger partial charge in [0.1, 0.15) is 5.82 Å². The highest BCUT2D eigenvalue weighted by molar-refractivity contribution is 5.79. The van der Waals surface area contributed by atoms with Crippen molar-refractivity contribution in [3.63, 3.8) is 0 Å². The molecule has 1 atom stereocenters. The Labute approximate surface area is 259 Å². The Hall–Kier alpha value is -3.82. The lowest BCUT2D eigenvalue weighted by Crippen LogP contribution is -2.46. The number of ether oxygens (including phenoxy) is 2. The fourth-order valence-corrected chi connectivity index (χ4v) is 6.43. The largest absolute Gasteiger partial charge is 0.479 e. The lowest BCUT2D eigenvalue weighted by molar-refractivity contribution is -0.160. The molecule has 1 unspecified atom stereocenters. The molecule has 6 heterocycles. The van der Waals surface area contributed by atoms with Crippen LogP contribution in [-0.4, -0.2) is 61.6 Å². The normalized spacial score (nSPS) is 18.0. The van der Waals surface area contributed by atoms with E-state index >= 15 is 0 Å². The summed E-state index contributed by atoms with van der Waals surface area (Å²) in [6.07, 6.45) is 6.37. The number of fused-ring (bicyclic) bond motifs is 7. The van der Waals surface area contributed by atoms with Gasteiger partial charge in [-0.05, 0) is 84.4 Å². The highest BCUT2D eigenvalue weighted by Crippen LogP contribution is 2.39. The molecule has 9 heteroatoms. The van der Waals surface area contributed by atoms with Crippen molar-refractivity contribution in [3.8, 4) is 22.4 Å². The van der Waals surface area contributed by atoms with Gasteiger partial charge in [0.25, 0.3) is 0 Å². The molecule has 3 aromatic heterocycles. The van der Waals surface area contributed by atoms with Crippen LogP contribution in [0.25, 0.3) is 28.0 Å². The summed E-state index contributed by atoms with van der Waals surface area (Å²) in [4.78, 5) is 24.6. The minimum atomic E-state index is -1.20. The van der Waals surface area contributed by atoms with E-state index in [2.05, 4.69) is 42.2 Å². The van der Waals surface area contributed by atoms with Crippen LogP contribution in [0.3, 0.4) is 0 Å². The number of piperidine rings is 1. The van der Waals surface area contributed by atoms with Crippen molar-refractivity contribution in [1.82, 2.24) is 19.6 Å². The van der Waals surface area contributed by atoms with Gasteiger partial charge in [-0.25, -0.2) is 9.78 Å². The van der Waals surface area contributed by atoms with E-state index in [9.17, 15) is 9.90 Å². The quantitative estimate of drug-likeness (QED) is 0.275. The summed E-state index contributed by atoms with van der Waals surface area (Å²) in [5.74, 6) is -0.324. The molecule has 9 nitrogen and oxygen atoms in total. The molecule has 44 heavy (non-hydrogen) atoms. The molecular weight excluding hydrogens is 554 g/mol. The molecule has 0 spiro atoms. The molecule has 1 fully saturated rings. The van der Waals surface area contributed by atoms with Crippen LogP contribution in [0.1, 0.15) is 82.9 Å². The van der Waals surface area contributed by atoms with Gasteiger partial charge in [0.2, 0.25) is 0 Å². The van der Waals surface area contributed by atoms with Crippen LogP contribution in [-0.2, 0) is 20.7 Å². The van der Waals surface area contributed by atoms with Crippen LogP contribution in [0.2, 0.25) is 0 Å². The Bertz CT molecular complexity index is 1670. The molecule has 4 aromatic rings. The van der Waals surface area contributed by atoms with Crippen LogP contribution in [0, 0.1) is 6.92 Å². The summed E-state index contributed by atoms with van der Waals surface area (Å²) in [6.45, 7) is 11.8. The van der Waals surface area contributed by atoms with E-state index in [1.807, 2.05) is 50.5 Å². The Balaban J connectivity index is 1.54. The molecule has 7 rings (SSSR count). The smallest absolute Gasteiger partial charge is 0.337 e. The van der Waals surface area contributed by atoms with E-state index in [0.717, 1.165) is 79.0 Å². The van der Waals surface area contributed by atoms with Crippen molar-refractivity contribution in [1.29, 1.82) is 0 Å². The van der Waals surface area contributed by atoms with E-state index in [-0.39, 0.29) is 5.60 Å². The first-order valence-corrected chi connectivity index (χ1v) is 15.8. The highest BCUT2D eigenvalue weighted by Gasteiger charge is 2.37. The monoisotopic (exact) mass is 597 g/mol. The predicted octanol–water partition coefficient (Wildman–Crippen LogP) is 6.81. The zero-order valence-corrected chi connectivity index (χ0v) is 26.5. The van der Waals surface area contributed by atoms with Crippen molar-refractivity contribution in [2.24, 2.45) is 0 Å². The highest BCUT2D eigenvalue weighted by atomic mass is 16.5. The van der Waals surface area contributed by atoms with E-state index in [1.165, 1.54) is 0 Å². The fourth-order valence-electron chi connectivity index (χ4n) is 6.43. The predicted molar refractivity (Wildman–Crippen MR) is 171 cm³/mol. The van der Waals surface area contributed by atoms with Gasteiger partial charge in [0.05, 0.1) is 22.5 Å². The van der Waals surface area contributed by atoms with E-state index in [0.29, 0.717) is 30.0 Å². The van der Waals surface area contributed by atoms with E-state index in [4.69, 9.17) is 24.5 Å². The van der Waals surface area contributed by atoms with E-state index < -0.39 is 17.7 Å². The molecule has 0 amide bonds. The first-order valence-electron chi connectivity index (χ1n) is 15.8. The zero-order chi connectivity index (χ0) is 31.1. The Morgan fingerprint density at radius 3 is 2.59 bits per heavy atom. The second kappa shape index (κ2) is 11.9. The Kier molecular flexibility index (Phi) is 8.20. The number of aryl methyl sites for hydroxylation is 2. The molecule has 0 radical (unpaired) electrons. The maximum Gasteiger partial charge on any atom is 0.337 e. The van der Waals surface area contributed by atoms with Gasteiger partial charge in [0.15, 0.2) is 11.8 Å². The summed E-state index contributed by atoms with van der Waals surface area (Å²) in [6, 6.07) is 14.5. The number of aliphatic carboxylic acids is 1. The summed E-state index contributed by atoms with van der Waals surface area (Å²) in [5, 5.41) is 15.5. The van der Waals surface area contributed by atoms with Crippen LogP contribution >= 0.6 is 0 Å². The standard InChI is InChI=1S/C35H43N5O4/c1-23-30(31(33(41)42)44-34(2,3)4)32-39-18-15-35(5,16-19-39)43-20-8-6-7-14-27-26(13-10-17-36-27)24-11-9-12-25(21-24)28-22-29(37-23)40(32)38-28/h9-13,17,21-22,31H,6-8,14-16,18-20H2,1-5H3,(H,41,42). The average molecular weight is 598 g/mol. The average Bonchev–Trinajstić information content (AvgIpc) is 3.41. The Morgan fingerprint density at radius 2 is 1.84 bits per heavy atom. The molecule has 232 valence electrons. The molecule has 1 aromatic carbocycles. The van der Waals surface area contributed by atoms with Crippen LogP contribution in [0.5, 0.6) is 0 Å². The van der Waals surface area contributed by atoms with Crippen molar-refractivity contribution < 1.29 is 19.4 Å². The third-order valence-electron chi connectivity index (χ3n) is 8.75. The number of rotatable bonds is 3. The topological polar surface area (TPSA) is 102 Å². The number of nitrogens with zero attached hydrogens (tertiary/aromatic N) is 5. The van der Waals surface area contributed by atoms with Gasteiger partial charge < -0.3 is 19.5 Å². The van der Waals surface area contributed by atoms with Crippen LogP contribution in [0.15, 0.2) is 48.7 Å². The molecule has 3 aliphatic heterocycles. The number of carboxylic acids is 1. The number of benzene rings is 1. The van der Waals surface area contributed by atoms with Gasteiger partial charge in [-0.15, -0.1) is 0 Å². The van der Waals surface area contributed by atoms with Crippen LogP contribution < -0.4 is 4.90 Å². The number of hydrogen-bond donors (Lipinski definition) is 1. The maximum atomic E-state index is 12.8. The summed E-state index contributed by atoms with van der Waals surface area (Å²) in [5.41, 5.74) is 5.97. The summed E-state index contributed by atoms with van der Waals surface area (Å²) in [7, 11) is 0. The first-order chi connectivity index (χ1) is 21.0. The minimum absolute atomic E-state index is 0.239. The molecule has 1 N–H and O–H groups in total. The number of carbonyl (C=O) groups is 1. The molecule has 0 aliphatic carbocycles. The van der Waals surface area contributed by atoms with E-state index in [1.54, 1.807) is 0 Å². The lowest BCUT2D eigenvalue weighted by atomic mass is 9.92. The van der Waals surface area contributed by atoms with Gasteiger partial charge in [0, 0.05) is 54.5 Å². The van der Waals surface area contributed by atoms with Crippen molar-refractivity contribution in [3.05, 3.63) is 65.6 Å². The second-order valence-electron chi connectivity index (χ2n) is 13.4. The number of pyridine rings is 1. The van der Waals surface area contributed by atoms with Crippen molar-refractivity contribution in [2.75, 3.05) is 24.6 Å². The van der Waals surface area contributed by atoms with Gasteiger partial charge >= 0.3 is 5.97 Å². The third-order valence-corrected chi connectivity index (χ3v) is 8.75. The number of aromatic nitrogens is 4. The fraction of sp³-hybridized carbons (Fsp3) is 0.486. The first kappa shape index (κ1) is 30.2. The van der Waals surface area contributed by atoms with Gasteiger partial charge in [-0.2, -0.15) is 9.61 Å². The molecule has 3 aliphatic rings. The lowest BCUT2D eigenvalue weighted by Gasteiger charge is -2.41. The zero-order valence-electron chi connectivity index (χ0n) is 26.5. The van der Waals surface area contributed by atoms with Gasteiger partial charge in [-0.1, -0.05) is 30.7 Å². The number of anilines is 1. The van der Waals surface area contributed by atoms with Crippen molar-refractivity contribution in [2.45, 2.75) is 90.4 Å². The number of hydrogen-bond acceptors (Lipinski definition) is 7. The summed E-state index contributed by atoms with van der Waals surface area (Å²) >= 11 is 0. The Morgan fingerprint density at radius 1 is 1.07 bits per heavy atom. The molecule has 6 bridgehead atoms. The minimum Gasteiger partial charge on any atom is -0.479 e. The van der Waals surface area contributed by atoms with Gasteiger partial charge in [-0.3, -0.25) is 4.98 Å². The second-order valence-corrected chi connectivity index (χ2v) is 13.4. The van der Waals surface area contributed by atoms with Crippen LogP contribution in [0.4, 0.5) is 5.82 Å². The number of carboxylic acid groups (broad SMARTS) is 1. The third kappa shape index (κ3) is 6.21.